The van der Waals surface area contributed by atoms with Crippen molar-refractivity contribution in [3.63, 3.8) is 0 Å². The maximum atomic E-state index is 4.85. The van der Waals surface area contributed by atoms with E-state index < -0.39 is 0 Å². The molecular weight excluding hydrogens is 314 g/mol. The van der Waals surface area contributed by atoms with Gasteiger partial charge in [0.05, 0.1) is 11.0 Å². The minimum atomic E-state index is 0.869. The molecule has 0 bridgehead atoms. The first kappa shape index (κ1) is 14.1. The zero-order valence-electron chi connectivity index (χ0n) is 12.0. The number of imidazole rings is 1. The number of fused-ring (bicyclic) bond motifs is 1. The Bertz CT molecular complexity index is 585. The summed E-state index contributed by atoms with van der Waals surface area (Å²) in [5, 5.41) is 3.44. The molecule has 4 heteroatoms. The Balaban J connectivity index is 1.79. The molecule has 2 heterocycles. The minimum absolute atomic E-state index is 0.869. The van der Waals surface area contributed by atoms with Crippen LogP contribution in [0.15, 0.2) is 22.7 Å². The van der Waals surface area contributed by atoms with Gasteiger partial charge in [0.15, 0.2) is 0 Å². The lowest BCUT2D eigenvalue weighted by Crippen LogP contribution is -2.28. The summed E-state index contributed by atoms with van der Waals surface area (Å²) >= 11 is 3.53. The Morgan fingerprint density at radius 3 is 2.90 bits per heavy atom. The van der Waals surface area contributed by atoms with E-state index in [1.807, 2.05) is 0 Å². The number of piperidine rings is 1. The van der Waals surface area contributed by atoms with Gasteiger partial charge in [-0.2, -0.15) is 0 Å². The summed E-state index contributed by atoms with van der Waals surface area (Å²) in [6, 6.07) is 6.40. The highest BCUT2D eigenvalue weighted by Crippen LogP contribution is 2.24. The van der Waals surface area contributed by atoms with Gasteiger partial charge in [-0.15, -0.1) is 0 Å². The number of rotatable bonds is 4. The fourth-order valence-electron chi connectivity index (χ4n) is 3.20. The van der Waals surface area contributed by atoms with E-state index in [0.717, 1.165) is 28.9 Å². The molecule has 1 saturated heterocycles. The molecule has 2 aromatic rings. The second kappa shape index (κ2) is 6.27. The van der Waals surface area contributed by atoms with Gasteiger partial charge >= 0.3 is 0 Å². The molecule has 0 aliphatic carbocycles. The summed E-state index contributed by atoms with van der Waals surface area (Å²) in [5.74, 6) is 2.12. The molecule has 1 aromatic carbocycles. The van der Waals surface area contributed by atoms with Gasteiger partial charge in [-0.05, 0) is 63.4 Å². The number of halogens is 1. The molecule has 1 fully saturated rings. The molecule has 1 aliphatic rings. The van der Waals surface area contributed by atoms with Crippen LogP contribution >= 0.6 is 15.9 Å². The molecule has 20 heavy (non-hydrogen) atoms. The average Bonchev–Trinajstić information content (AvgIpc) is 2.82. The number of nitrogens with one attached hydrogen (secondary N) is 1. The first-order valence-electron chi connectivity index (χ1n) is 7.63. The van der Waals surface area contributed by atoms with Crippen LogP contribution < -0.4 is 5.32 Å². The molecule has 1 N–H and O–H groups in total. The molecule has 108 valence electrons. The summed E-state index contributed by atoms with van der Waals surface area (Å²) in [6.45, 7) is 5.57. The van der Waals surface area contributed by atoms with Gasteiger partial charge in [-0.25, -0.2) is 4.98 Å². The minimum Gasteiger partial charge on any atom is -0.328 e. The van der Waals surface area contributed by atoms with Crippen molar-refractivity contribution in [2.45, 2.75) is 39.2 Å². The van der Waals surface area contributed by atoms with Gasteiger partial charge in [-0.3, -0.25) is 0 Å². The lowest BCUT2D eigenvalue weighted by Gasteiger charge is -2.22. The Labute approximate surface area is 128 Å². The molecule has 3 rings (SSSR count). The van der Waals surface area contributed by atoms with Gasteiger partial charge in [0.1, 0.15) is 5.82 Å². The third kappa shape index (κ3) is 2.91. The van der Waals surface area contributed by atoms with Crippen LogP contribution in [-0.4, -0.2) is 22.6 Å². The van der Waals surface area contributed by atoms with E-state index in [-0.39, 0.29) is 0 Å². The molecule has 3 nitrogen and oxygen atoms in total. The highest BCUT2D eigenvalue weighted by molar-refractivity contribution is 9.10. The number of nitrogens with zero attached hydrogens (tertiary/aromatic N) is 2. The van der Waals surface area contributed by atoms with Gasteiger partial charge in [0, 0.05) is 17.4 Å². The van der Waals surface area contributed by atoms with Crippen LogP contribution in [0.1, 0.15) is 32.0 Å². The molecule has 0 amide bonds. The van der Waals surface area contributed by atoms with E-state index >= 15 is 0 Å². The molecule has 1 aliphatic heterocycles. The standard InChI is InChI=1S/C16H22BrN3/c1-2-20-15-5-4-13(17)11-14(15)19-16(20)6-3-12-7-9-18-10-8-12/h4-5,11-12,18H,2-3,6-10H2,1H3. The normalized spacial score (nSPS) is 16.9. The van der Waals surface area contributed by atoms with Crippen molar-refractivity contribution >= 4 is 27.0 Å². The molecule has 0 atom stereocenters. The van der Waals surface area contributed by atoms with E-state index in [2.05, 4.69) is 50.9 Å². The number of benzene rings is 1. The summed E-state index contributed by atoms with van der Waals surface area (Å²) in [4.78, 5) is 4.85. The highest BCUT2D eigenvalue weighted by atomic mass is 79.9. The third-order valence-electron chi connectivity index (χ3n) is 4.34. The van der Waals surface area contributed by atoms with Gasteiger partial charge < -0.3 is 9.88 Å². The topological polar surface area (TPSA) is 29.9 Å². The molecule has 0 spiro atoms. The van der Waals surface area contributed by atoms with Crippen molar-refractivity contribution in [3.05, 3.63) is 28.5 Å². The smallest absolute Gasteiger partial charge is 0.109 e. The zero-order chi connectivity index (χ0) is 13.9. The summed E-state index contributed by atoms with van der Waals surface area (Å²) < 4.78 is 3.47. The van der Waals surface area contributed by atoms with Crippen molar-refractivity contribution in [3.8, 4) is 0 Å². The van der Waals surface area contributed by atoms with E-state index in [4.69, 9.17) is 4.98 Å². The summed E-state index contributed by atoms with van der Waals surface area (Å²) in [7, 11) is 0. The van der Waals surface area contributed by atoms with Crippen LogP contribution in [0.2, 0.25) is 0 Å². The first-order valence-corrected chi connectivity index (χ1v) is 8.42. The van der Waals surface area contributed by atoms with Gasteiger partial charge in [0.2, 0.25) is 0 Å². The van der Waals surface area contributed by atoms with Crippen molar-refractivity contribution in [1.82, 2.24) is 14.9 Å². The molecule has 0 radical (unpaired) electrons. The van der Waals surface area contributed by atoms with Crippen LogP contribution in [0.25, 0.3) is 11.0 Å². The highest BCUT2D eigenvalue weighted by Gasteiger charge is 2.15. The first-order chi connectivity index (χ1) is 9.78. The second-order valence-electron chi connectivity index (χ2n) is 5.64. The monoisotopic (exact) mass is 335 g/mol. The number of aryl methyl sites for hydroxylation is 2. The third-order valence-corrected chi connectivity index (χ3v) is 4.83. The predicted molar refractivity (Wildman–Crippen MR) is 87.0 cm³/mol. The Morgan fingerprint density at radius 2 is 2.15 bits per heavy atom. The lowest BCUT2D eigenvalue weighted by atomic mass is 9.93. The number of aromatic nitrogens is 2. The Kier molecular flexibility index (Phi) is 4.41. The van der Waals surface area contributed by atoms with Crippen molar-refractivity contribution in [2.24, 2.45) is 5.92 Å². The molecule has 0 saturated carbocycles. The van der Waals surface area contributed by atoms with E-state index in [0.29, 0.717) is 0 Å². The van der Waals surface area contributed by atoms with Crippen molar-refractivity contribution < 1.29 is 0 Å². The zero-order valence-corrected chi connectivity index (χ0v) is 13.6. The fourth-order valence-corrected chi connectivity index (χ4v) is 3.55. The average molecular weight is 336 g/mol. The number of hydrogen-bond acceptors (Lipinski definition) is 2. The lowest BCUT2D eigenvalue weighted by molar-refractivity contribution is 0.351. The molecular formula is C16H22BrN3. The van der Waals surface area contributed by atoms with Crippen LogP contribution in [0, 0.1) is 5.92 Å². The Hall–Kier alpha value is -0.870. The summed E-state index contributed by atoms with van der Waals surface area (Å²) in [6.07, 6.45) is 5.01. The van der Waals surface area contributed by atoms with Gasteiger partial charge in [-0.1, -0.05) is 15.9 Å². The van der Waals surface area contributed by atoms with E-state index in [1.165, 1.54) is 43.7 Å². The van der Waals surface area contributed by atoms with Crippen LogP contribution in [-0.2, 0) is 13.0 Å². The van der Waals surface area contributed by atoms with E-state index in [1.54, 1.807) is 0 Å². The second-order valence-corrected chi connectivity index (χ2v) is 6.55. The quantitative estimate of drug-likeness (QED) is 0.922. The molecule has 1 aromatic heterocycles. The Morgan fingerprint density at radius 1 is 1.35 bits per heavy atom. The maximum Gasteiger partial charge on any atom is 0.109 e. The maximum absolute atomic E-state index is 4.85. The number of hydrogen-bond donors (Lipinski definition) is 1. The molecule has 0 unspecified atom stereocenters. The van der Waals surface area contributed by atoms with Crippen molar-refractivity contribution in [1.29, 1.82) is 0 Å². The van der Waals surface area contributed by atoms with Crippen LogP contribution in [0.4, 0.5) is 0 Å². The SMILES string of the molecule is CCn1c(CCC2CCNCC2)nc2cc(Br)ccc21. The van der Waals surface area contributed by atoms with Crippen molar-refractivity contribution in [2.75, 3.05) is 13.1 Å². The van der Waals surface area contributed by atoms with Gasteiger partial charge in [0.25, 0.3) is 0 Å². The predicted octanol–water partition coefficient (Wildman–Crippen LogP) is 3.75. The van der Waals surface area contributed by atoms with Crippen LogP contribution in [0.5, 0.6) is 0 Å². The fraction of sp³-hybridized carbons (Fsp3) is 0.562. The summed E-state index contributed by atoms with van der Waals surface area (Å²) in [5.41, 5.74) is 2.37. The largest absolute Gasteiger partial charge is 0.328 e. The van der Waals surface area contributed by atoms with Crippen LogP contribution in [0.3, 0.4) is 0 Å². The van der Waals surface area contributed by atoms with E-state index in [9.17, 15) is 0 Å².